The zero-order valence-corrected chi connectivity index (χ0v) is 11.0. The van der Waals surface area contributed by atoms with E-state index >= 15 is 0 Å². The normalized spacial score (nSPS) is 10.2. The number of rotatable bonds is 6. The number of nitrogens with one attached hydrogen (secondary N) is 2. The molecule has 2 rings (SSSR count). The maximum atomic E-state index is 11.8. The van der Waals surface area contributed by atoms with Gasteiger partial charge in [-0.15, -0.1) is 0 Å². The van der Waals surface area contributed by atoms with E-state index < -0.39 is 0 Å². The topological polar surface area (TPSA) is 104 Å². The summed E-state index contributed by atoms with van der Waals surface area (Å²) in [6, 6.07) is 3.19. The van der Waals surface area contributed by atoms with Crippen molar-refractivity contribution in [2.45, 2.75) is 13.0 Å². The summed E-state index contributed by atoms with van der Waals surface area (Å²) in [6.45, 7) is 0.601. The SMILES string of the molecule is CN(Cc1ncn[nH]1)C(=O)CCNC(=O)c1ccco1. The number of amides is 2. The van der Waals surface area contributed by atoms with Gasteiger partial charge in [-0.05, 0) is 12.1 Å². The molecule has 0 saturated heterocycles. The van der Waals surface area contributed by atoms with Crippen LogP contribution in [0.2, 0.25) is 0 Å². The Morgan fingerprint density at radius 1 is 1.50 bits per heavy atom. The fourth-order valence-electron chi connectivity index (χ4n) is 1.59. The van der Waals surface area contributed by atoms with Crippen LogP contribution in [0, 0.1) is 0 Å². The van der Waals surface area contributed by atoms with Gasteiger partial charge in [-0.25, -0.2) is 4.98 Å². The summed E-state index contributed by atoms with van der Waals surface area (Å²) in [5, 5.41) is 9.00. The minimum Gasteiger partial charge on any atom is -0.459 e. The van der Waals surface area contributed by atoms with Crippen molar-refractivity contribution in [2.75, 3.05) is 13.6 Å². The smallest absolute Gasteiger partial charge is 0.286 e. The second kappa shape index (κ2) is 6.50. The molecule has 0 aromatic carbocycles. The summed E-state index contributed by atoms with van der Waals surface area (Å²) in [4.78, 5) is 28.8. The van der Waals surface area contributed by atoms with E-state index in [0.717, 1.165) is 0 Å². The Morgan fingerprint density at radius 3 is 3.00 bits per heavy atom. The van der Waals surface area contributed by atoms with Crippen molar-refractivity contribution in [3.63, 3.8) is 0 Å². The molecule has 2 amide bonds. The zero-order chi connectivity index (χ0) is 14.4. The van der Waals surface area contributed by atoms with Crippen molar-refractivity contribution in [3.8, 4) is 0 Å². The van der Waals surface area contributed by atoms with E-state index in [1.807, 2.05) is 0 Å². The number of carbonyl (C=O) groups is 2. The molecule has 8 heteroatoms. The van der Waals surface area contributed by atoms with Gasteiger partial charge in [-0.2, -0.15) is 5.10 Å². The lowest BCUT2D eigenvalue weighted by Gasteiger charge is -2.15. The van der Waals surface area contributed by atoms with Crippen LogP contribution in [0.5, 0.6) is 0 Å². The van der Waals surface area contributed by atoms with Crippen LogP contribution in [0.1, 0.15) is 22.8 Å². The van der Waals surface area contributed by atoms with Crippen LogP contribution in [0.15, 0.2) is 29.1 Å². The number of aromatic nitrogens is 3. The zero-order valence-electron chi connectivity index (χ0n) is 11.0. The third-order valence-electron chi connectivity index (χ3n) is 2.65. The summed E-state index contributed by atoms with van der Waals surface area (Å²) in [6.07, 6.45) is 3.01. The lowest BCUT2D eigenvalue weighted by atomic mass is 10.3. The quantitative estimate of drug-likeness (QED) is 0.783. The first-order chi connectivity index (χ1) is 9.66. The first kappa shape index (κ1) is 13.8. The number of hydrogen-bond donors (Lipinski definition) is 2. The number of hydrogen-bond acceptors (Lipinski definition) is 5. The van der Waals surface area contributed by atoms with Gasteiger partial charge in [0.15, 0.2) is 5.76 Å². The Hall–Kier alpha value is -2.64. The third-order valence-corrected chi connectivity index (χ3v) is 2.65. The Balaban J connectivity index is 1.71. The molecule has 20 heavy (non-hydrogen) atoms. The van der Waals surface area contributed by atoms with E-state index in [1.165, 1.54) is 17.5 Å². The first-order valence-corrected chi connectivity index (χ1v) is 6.06. The molecule has 8 nitrogen and oxygen atoms in total. The molecule has 0 aliphatic carbocycles. The van der Waals surface area contributed by atoms with Gasteiger partial charge in [-0.3, -0.25) is 14.7 Å². The monoisotopic (exact) mass is 277 g/mol. The summed E-state index contributed by atoms with van der Waals surface area (Å²) >= 11 is 0. The number of aromatic amines is 1. The van der Waals surface area contributed by atoms with Gasteiger partial charge in [0.05, 0.1) is 12.8 Å². The van der Waals surface area contributed by atoms with Gasteiger partial charge in [0, 0.05) is 20.0 Å². The summed E-state index contributed by atoms with van der Waals surface area (Å²) in [5.41, 5.74) is 0. The predicted octanol–water partition coefficient (Wildman–Crippen LogP) is 0.176. The second-order valence-electron chi connectivity index (χ2n) is 4.17. The highest BCUT2D eigenvalue weighted by molar-refractivity contribution is 5.91. The third kappa shape index (κ3) is 3.67. The highest BCUT2D eigenvalue weighted by Gasteiger charge is 2.12. The van der Waals surface area contributed by atoms with Crippen molar-refractivity contribution >= 4 is 11.8 Å². The molecule has 0 saturated carbocycles. The van der Waals surface area contributed by atoms with Crippen molar-refractivity contribution in [2.24, 2.45) is 0 Å². The Bertz CT molecular complexity index is 550. The van der Waals surface area contributed by atoms with Crippen molar-refractivity contribution in [3.05, 3.63) is 36.3 Å². The molecule has 0 radical (unpaired) electrons. The summed E-state index contributed by atoms with van der Waals surface area (Å²) < 4.78 is 4.94. The Kier molecular flexibility index (Phi) is 4.48. The van der Waals surface area contributed by atoms with Crippen LogP contribution < -0.4 is 5.32 Å². The highest BCUT2D eigenvalue weighted by atomic mass is 16.3. The lowest BCUT2D eigenvalue weighted by molar-refractivity contribution is -0.130. The second-order valence-corrected chi connectivity index (χ2v) is 4.17. The molecule has 0 aliphatic rings. The molecule has 0 aliphatic heterocycles. The predicted molar refractivity (Wildman–Crippen MR) is 68.5 cm³/mol. The van der Waals surface area contributed by atoms with E-state index in [-0.39, 0.29) is 30.5 Å². The average molecular weight is 277 g/mol. The number of nitrogens with zero attached hydrogens (tertiary/aromatic N) is 3. The van der Waals surface area contributed by atoms with E-state index in [4.69, 9.17) is 4.42 Å². The van der Waals surface area contributed by atoms with Crippen molar-refractivity contribution in [1.82, 2.24) is 25.4 Å². The van der Waals surface area contributed by atoms with Gasteiger partial charge in [0.25, 0.3) is 5.91 Å². The minimum absolute atomic E-state index is 0.0962. The van der Waals surface area contributed by atoms with Gasteiger partial charge < -0.3 is 14.6 Å². The molecule has 106 valence electrons. The molecule has 0 fully saturated rings. The first-order valence-electron chi connectivity index (χ1n) is 6.06. The molecule has 0 atom stereocenters. The van der Waals surface area contributed by atoms with Gasteiger partial charge in [-0.1, -0.05) is 0 Å². The van der Waals surface area contributed by atoms with Crippen LogP contribution in [-0.2, 0) is 11.3 Å². The van der Waals surface area contributed by atoms with Gasteiger partial charge in [0.1, 0.15) is 12.2 Å². The molecule has 0 unspecified atom stereocenters. The Labute approximate surface area is 115 Å². The summed E-state index contributed by atoms with van der Waals surface area (Å²) in [7, 11) is 1.67. The van der Waals surface area contributed by atoms with E-state index in [9.17, 15) is 9.59 Å². The van der Waals surface area contributed by atoms with Crippen LogP contribution >= 0.6 is 0 Å². The van der Waals surface area contributed by atoms with E-state index in [0.29, 0.717) is 12.4 Å². The highest BCUT2D eigenvalue weighted by Crippen LogP contribution is 2.00. The largest absolute Gasteiger partial charge is 0.459 e. The molecular formula is C12H15N5O3. The van der Waals surface area contributed by atoms with Crippen LogP contribution in [0.4, 0.5) is 0 Å². The van der Waals surface area contributed by atoms with Crippen LogP contribution in [0.3, 0.4) is 0 Å². The molecular weight excluding hydrogens is 262 g/mol. The number of furan rings is 1. The Morgan fingerprint density at radius 2 is 2.35 bits per heavy atom. The van der Waals surface area contributed by atoms with Gasteiger partial charge >= 0.3 is 0 Å². The standard InChI is InChI=1S/C12H15N5O3/c1-17(7-10-14-8-15-16-10)11(18)4-5-13-12(19)9-3-2-6-20-9/h2-3,6,8H,4-5,7H2,1H3,(H,13,19)(H,14,15,16). The van der Waals surface area contributed by atoms with Crippen molar-refractivity contribution in [1.29, 1.82) is 0 Å². The molecule has 0 bridgehead atoms. The number of carbonyl (C=O) groups excluding carboxylic acids is 2. The number of H-pyrrole nitrogens is 1. The fraction of sp³-hybridized carbons (Fsp3) is 0.333. The van der Waals surface area contributed by atoms with Crippen molar-refractivity contribution < 1.29 is 14.0 Å². The van der Waals surface area contributed by atoms with E-state index in [2.05, 4.69) is 20.5 Å². The molecule has 2 heterocycles. The average Bonchev–Trinajstić information content (AvgIpc) is 3.11. The van der Waals surface area contributed by atoms with Crippen LogP contribution in [-0.4, -0.2) is 45.5 Å². The maximum Gasteiger partial charge on any atom is 0.286 e. The summed E-state index contributed by atoms with van der Waals surface area (Å²) in [5.74, 6) is 0.412. The van der Waals surface area contributed by atoms with Gasteiger partial charge in [0.2, 0.25) is 5.91 Å². The molecule has 2 aromatic heterocycles. The fourth-order valence-corrected chi connectivity index (χ4v) is 1.59. The molecule has 0 spiro atoms. The molecule has 2 N–H and O–H groups in total. The van der Waals surface area contributed by atoms with Crippen LogP contribution in [0.25, 0.3) is 0 Å². The lowest BCUT2D eigenvalue weighted by Crippen LogP contribution is -2.32. The maximum absolute atomic E-state index is 11.8. The van der Waals surface area contributed by atoms with E-state index in [1.54, 1.807) is 19.2 Å². The minimum atomic E-state index is -0.333. The molecule has 2 aromatic rings.